The Morgan fingerprint density at radius 2 is 1.56 bits per heavy atom. The van der Waals surface area contributed by atoms with E-state index in [1.807, 2.05) is 20.8 Å². The van der Waals surface area contributed by atoms with Crippen LogP contribution in [0.5, 0.6) is 0 Å². The summed E-state index contributed by atoms with van der Waals surface area (Å²) in [5.74, 6) is -2.46. The van der Waals surface area contributed by atoms with Crippen LogP contribution in [0, 0.1) is 46.8 Å². The summed E-state index contributed by atoms with van der Waals surface area (Å²) in [6.45, 7) is 35.2. The molecule has 0 radical (unpaired) electrons. The lowest BCUT2D eigenvalue weighted by molar-refractivity contribution is -0.304. The van der Waals surface area contributed by atoms with E-state index in [4.69, 9.17) is 33.2 Å². The van der Waals surface area contributed by atoms with Crippen LogP contribution in [-0.4, -0.2) is 102 Å². The maximum Gasteiger partial charge on any atom is 0.311 e. The molecule has 0 aliphatic carbocycles. The fourth-order valence-corrected chi connectivity index (χ4v) is 10.2. The van der Waals surface area contributed by atoms with Crippen LogP contribution >= 0.6 is 7.29 Å². The van der Waals surface area contributed by atoms with Crippen molar-refractivity contribution in [1.29, 1.82) is 0 Å². The van der Waals surface area contributed by atoms with Crippen LogP contribution in [0.15, 0.2) is 17.4 Å². The number of cyclic esters (lactones) is 1. The van der Waals surface area contributed by atoms with Gasteiger partial charge >= 0.3 is 5.97 Å². The van der Waals surface area contributed by atoms with E-state index in [0.29, 0.717) is 24.5 Å². The van der Waals surface area contributed by atoms with E-state index >= 15 is 0 Å². The highest BCUT2D eigenvalue weighted by Crippen LogP contribution is 2.46. The highest BCUT2D eigenvalue weighted by atomic mass is 31.2. The molecule has 320 valence electrons. The number of rotatable bonds is 9. The van der Waals surface area contributed by atoms with Gasteiger partial charge in [-0.3, -0.25) is 9.36 Å². The lowest BCUT2D eigenvalue weighted by atomic mass is 9.72. The molecule has 3 fully saturated rings. The minimum absolute atomic E-state index is 0.0327. The van der Waals surface area contributed by atoms with Crippen molar-refractivity contribution in [1.82, 2.24) is 0 Å². The Hall–Kier alpha value is -1.17. The third-order valence-electron chi connectivity index (χ3n) is 13.4. The van der Waals surface area contributed by atoms with Gasteiger partial charge in [0.2, 0.25) is 0 Å². The predicted octanol–water partition coefficient (Wildman–Crippen LogP) is 8.28. The molecule has 0 bridgehead atoms. The van der Waals surface area contributed by atoms with Crippen molar-refractivity contribution in [3.05, 3.63) is 12.7 Å². The minimum Gasteiger partial charge on any atom is -0.459 e. The Bertz CT molecular complexity index is 1360. The molecule has 3 heterocycles. The molecule has 3 aliphatic rings. The molecule has 0 spiro atoms. The fourth-order valence-electron chi connectivity index (χ4n) is 9.31. The molecule has 55 heavy (non-hydrogen) atoms. The zero-order valence-corrected chi connectivity index (χ0v) is 37.9. The predicted molar refractivity (Wildman–Crippen MR) is 218 cm³/mol. The first-order valence-electron chi connectivity index (χ1n) is 20.8. The minimum atomic E-state index is -3.04. The summed E-state index contributed by atoms with van der Waals surface area (Å²) in [5, 5.41) is 24.0. The average Bonchev–Trinajstić information content (AvgIpc) is 3.08. The summed E-state index contributed by atoms with van der Waals surface area (Å²) in [6, 6.07) is 0. The molecule has 3 aliphatic heterocycles. The lowest BCUT2D eigenvalue weighted by Crippen LogP contribution is -2.59. The van der Waals surface area contributed by atoms with Crippen molar-refractivity contribution < 1.29 is 48.0 Å². The van der Waals surface area contributed by atoms with E-state index in [1.54, 1.807) is 40.2 Å². The van der Waals surface area contributed by atoms with Gasteiger partial charge in [0.1, 0.15) is 11.7 Å². The molecule has 0 saturated carbocycles. The first-order chi connectivity index (χ1) is 25.2. The first kappa shape index (κ1) is 48.2. The number of hydrogen-bond acceptors (Lipinski definition) is 10. The normalized spacial score (nSPS) is 46.1. The van der Waals surface area contributed by atoms with Gasteiger partial charge in [-0.05, 0) is 77.0 Å². The van der Waals surface area contributed by atoms with E-state index in [2.05, 4.69) is 55.0 Å². The second-order valence-electron chi connectivity index (χ2n) is 19.1. The molecular formula is C43H78NO10P. The number of carbonyl (C=O) groups is 1. The van der Waals surface area contributed by atoms with Crippen LogP contribution in [0.2, 0.25) is 0 Å². The zero-order valence-electron chi connectivity index (χ0n) is 37.0. The van der Waals surface area contributed by atoms with Crippen LogP contribution in [0.4, 0.5) is 0 Å². The molecule has 12 heteroatoms. The Morgan fingerprint density at radius 1 is 0.945 bits per heavy atom. The van der Waals surface area contributed by atoms with Crippen LogP contribution in [0.3, 0.4) is 0 Å². The quantitative estimate of drug-likeness (QED) is 0.133. The Labute approximate surface area is 333 Å². The Balaban J connectivity index is 2.34. The summed E-state index contributed by atoms with van der Waals surface area (Å²) >= 11 is 0. The number of nitrogens with zero attached hydrogens (tertiary/aromatic N) is 1. The van der Waals surface area contributed by atoms with Crippen molar-refractivity contribution in [2.75, 3.05) is 19.9 Å². The molecule has 0 aromatic heterocycles. The lowest BCUT2D eigenvalue weighted by Gasteiger charge is -2.50. The second-order valence-corrected chi connectivity index (χ2v) is 21.9. The summed E-state index contributed by atoms with van der Waals surface area (Å²) in [6.07, 6.45) is -1.58. The molecular weight excluding hydrogens is 721 g/mol. The topological polar surface area (TPSA) is 142 Å². The maximum absolute atomic E-state index is 14.4. The average molecular weight is 800 g/mol. The van der Waals surface area contributed by atoms with Gasteiger partial charge in [-0.25, -0.2) is 4.76 Å². The number of esters is 1. The van der Waals surface area contributed by atoms with Gasteiger partial charge < -0.3 is 38.6 Å². The van der Waals surface area contributed by atoms with Gasteiger partial charge in [0.25, 0.3) is 0 Å². The van der Waals surface area contributed by atoms with Gasteiger partial charge in [0.15, 0.2) is 19.9 Å². The van der Waals surface area contributed by atoms with E-state index in [9.17, 15) is 19.6 Å². The van der Waals surface area contributed by atoms with Gasteiger partial charge in [0.05, 0.1) is 48.6 Å². The maximum atomic E-state index is 14.4. The Kier molecular flexibility index (Phi) is 16.5. The number of carbonyl (C=O) groups excluding carboxylic acids is 1. The fraction of sp³-hybridized carbons (Fsp3) is 0.907. The molecule has 3 saturated heterocycles. The second kappa shape index (κ2) is 18.8. The molecule has 0 unspecified atom stereocenters. The summed E-state index contributed by atoms with van der Waals surface area (Å²) in [7, 11) is -3.04. The molecule has 2 N–H and O–H groups in total. The largest absolute Gasteiger partial charge is 0.459 e. The molecule has 17 atom stereocenters. The van der Waals surface area contributed by atoms with Crippen molar-refractivity contribution >= 4 is 19.0 Å². The van der Waals surface area contributed by atoms with E-state index in [-0.39, 0.29) is 42.5 Å². The smallest absolute Gasteiger partial charge is 0.311 e. The van der Waals surface area contributed by atoms with Gasteiger partial charge in [0, 0.05) is 43.2 Å². The third-order valence-corrected chi connectivity index (χ3v) is 14.1. The van der Waals surface area contributed by atoms with Gasteiger partial charge in [-0.2, -0.15) is 0 Å². The summed E-state index contributed by atoms with van der Waals surface area (Å²) < 4.78 is 58.4. The zero-order chi connectivity index (χ0) is 42.0. The number of hydrogen-bond donors (Lipinski definition) is 2. The SMILES string of the molecule is C=CCO[C@@]1(C)C[C@@H](C)/C(=N\P(C)(C)=O)[C@H](C)[C@@H](O)[C@](C)(O)[C@@H](CC)OC(=O)[C@H](C)[C@@H](O[C@H]2CC(C)(C)[C@@H](C)[C@H](C)O2)[C@H](C)[C@H]1O[C@@H]1O[C@H](C)C[C@H](C)[C@H]1C. The van der Waals surface area contributed by atoms with Crippen molar-refractivity contribution in [2.24, 2.45) is 51.6 Å². The van der Waals surface area contributed by atoms with E-state index < -0.39 is 85.1 Å². The number of aliphatic hydroxyl groups is 2. The standard InChI is InChI=1S/C43H78NO10P/c1-18-20-49-42(14)22-25(4)35(44-55(16,17)48)28(7)37(45)43(15,47)33(19-2)52-39(46)30(9)36(53-34-23-41(12,13)31(10)32(11)51-34)29(8)38(42)54-40-27(6)24(3)21-26(5)50-40/h18,24-34,36-38,40,45,47H,1,19-23H2,2-17H3/b44-35+/t24-,25+,26+,27+,28-,29-,30+,31-,32-,33+,34-,36-,37+,38+,40-,42-,43+/m0/s1. The summed E-state index contributed by atoms with van der Waals surface area (Å²) in [4.78, 5) is 14.4. The molecule has 3 rings (SSSR count). The van der Waals surface area contributed by atoms with Crippen molar-refractivity contribution in [2.45, 2.75) is 183 Å². The van der Waals surface area contributed by atoms with Crippen LogP contribution in [0.25, 0.3) is 0 Å². The number of ether oxygens (including phenoxy) is 6. The monoisotopic (exact) mass is 800 g/mol. The van der Waals surface area contributed by atoms with Crippen molar-refractivity contribution in [3.63, 3.8) is 0 Å². The van der Waals surface area contributed by atoms with E-state index in [0.717, 1.165) is 6.42 Å². The highest BCUT2D eigenvalue weighted by molar-refractivity contribution is 7.61. The van der Waals surface area contributed by atoms with E-state index in [1.165, 1.54) is 6.92 Å². The molecule has 0 amide bonds. The van der Waals surface area contributed by atoms with Gasteiger partial charge in [-0.1, -0.05) is 68.4 Å². The van der Waals surface area contributed by atoms with Gasteiger partial charge in [-0.15, -0.1) is 6.58 Å². The molecule has 0 aromatic rings. The molecule has 0 aromatic carbocycles. The first-order valence-corrected chi connectivity index (χ1v) is 23.4. The highest BCUT2D eigenvalue weighted by Gasteiger charge is 2.53. The Morgan fingerprint density at radius 3 is 2.11 bits per heavy atom. The van der Waals surface area contributed by atoms with Crippen LogP contribution in [-0.2, 0) is 37.8 Å². The van der Waals surface area contributed by atoms with Crippen molar-refractivity contribution in [3.8, 4) is 0 Å². The summed E-state index contributed by atoms with van der Waals surface area (Å²) in [5.41, 5.74) is -2.59. The molecule has 11 nitrogen and oxygen atoms in total. The van der Waals surface area contributed by atoms with Crippen LogP contribution < -0.4 is 0 Å². The van der Waals surface area contributed by atoms with Crippen LogP contribution in [0.1, 0.15) is 123 Å². The third kappa shape index (κ3) is 11.5. The number of aliphatic hydroxyl groups excluding tert-OH is 1.